The van der Waals surface area contributed by atoms with Gasteiger partial charge in [0.2, 0.25) is 0 Å². The number of hydrogen-bond acceptors (Lipinski definition) is 6. The third-order valence-electron chi connectivity index (χ3n) is 2.63. The Hall–Kier alpha value is -1.62. The van der Waals surface area contributed by atoms with Gasteiger partial charge in [-0.05, 0) is 25.8 Å². The molecule has 0 heterocycles. The van der Waals surface area contributed by atoms with Crippen molar-refractivity contribution in [1.82, 2.24) is 15.3 Å². The molecule has 0 rings (SSSR count). The van der Waals surface area contributed by atoms with E-state index in [0.29, 0.717) is 22.9 Å². The highest BCUT2D eigenvalue weighted by molar-refractivity contribution is 5.66. The lowest BCUT2D eigenvalue weighted by Gasteiger charge is -2.31. The standard InChI is InChI=1S/C10H22N4O6/c11-5-3-1-2-4-8(13(6-15)9(17)18)12-14(7-16)10(19)20/h8,12,15-16H,1-7,11H2,(H,17,18)(H,19,20). The van der Waals surface area contributed by atoms with E-state index in [4.69, 9.17) is 26.2 Å². The molecule has 0 radical (unpaired) electrons. The minimum atomic E-state index is -1.46. The van der Waals surface area contributed by atoms with Crippen LogP contribution >= 0.6 is 0 Å². The van der Waals surface area contributed by atoms with Crippen molar-refractivity contribution in [3.63, 3.8) is 0 Å². The van der Waals surface area contributed by atoms with Gasteiger partial charge in [0.1, 0.15) is 19.6 Å². The van der Waals surface area contributed by atoms with Crippen LogP contribution in [0.1, 0.15) is 25.7 Å². The predicted octanol–water partition coefficient (Wildman–Crippen LogP) is -0.804. The summed E-state index contributed by atoms with van der Waals surface area (Å²) >= 11 is 0. The molecule has 0 fully saturated rings. The molecule has 7 N–H and O–H groups in total. The van der Waals surface area contributed by atoms with E-state index in [2.05, 4.69) is 5.43 Å². The molecule has 0 aliphatic heterocycles. The minimum absolute atomic E-state index is 0.274. The maximum absolute atomic E-state index is 11.0. The van der Waals surface area contributed by atoms with Crippen LogP contribution in [0.2, 0.25) is 0 Å². The molecule has 10 heteroatoms. The van der Waals surface area contributed by atoms with Crippen molar-refractivity contribution in [2.75, 3.05) is 20.0 Å². The van der Waals surface area contributed by atoms with Gasteiger partial charge >= 0.3 is 12.2 Å². The summed E-state index contributed by atoms with van der Waals surface area (Å²) in [5, 5.41) is 36.1. The summed E-state index contributed by atoms with van der Waals surface area (Å²) in [4.78, 5) is 22.4. The van der Waals surface area contributed by atoms with Gasteiger partial charge in [0.05, 0.1) is 0 Å². The lowest BCUT2D eigenvalue weighted by molar-refractivity contribution is -0.0103. The van der Waals surface area contributed by atoms with Crippen LogP contribution in [0.15, 0.2) is 0 Å². The van der Waals surface area contributed by atoms with Gasteiger partial charge in [-0.3, -0.25) is 4.90 Å². The Morgan fingerprint density at radius 1 is 1.05 bits per heavy atom. The van der Waals surface area contributed by atoms with Crippen molar-refractivity contribution in [2.24, 2.45) is 5.73 Å². The topological polar surface area (TPSA) is 160 Å². The summed E-state index contributed by atoms with van der Waals surface area (Å²) in [6.07, 6.45) is -1.43. The van der Waals surface area contributed by atoms with Crippen LogP contribution in [-0.4, -0.2) is 68.7 Å². The Morgan fingerprint density at radius 3 is 2.10 bits per heavy atom. The number of aliphatic hydroxyl groups excluding tert-OH is 2. The molecule has 0 spiro atoms. The maximum Gasteiger partial charge on any atom is 0.423 e. The molecule has 0 bridgehead atoms. The molecule has 0 aliphatic rings. The van der Waals surface area contributed by atoms with Crippen molar-refractivity contribution < 1.29 is 30.0 Å². The summed E-state index contributed by atoms with van der Waals surface area (Å²) in [6, 6.07) is 0. The Bertz CT molecular complexity index is 303. The lowest BCUT2D eigenvalue weighted by atomic mass is 10.1. The van der Waals surface area contributed by atoms with Gasteiger partial charge in [-0.1, -0.05) is 6.42 Å². The first-order chi connectivity index (χ1) is 9.47. The third kappa shape index (κ3) is 6.52. The fraction of sp³-hybridized carbons (Fsp3) is 0.800. The Balaban J connectivity index is 4.67. The van der Waals surface area contributed by atoms with Crippen molar-refractivity contribution in [1.29, 1.82) is 0 Å². The average Bonchev–Trinajstić information content (AvgIpc) is 2.39. The van der Waals surface area contributed by atoms with Gasteiger partial charge in [0.25, 0.3) is 0 Å². The summed E-state index contributed by atoms with van der Waals surface area (Å²) in [5.74, 6) is 0. The molecule has 0 aromatic rings. The first-order valence-corrected chi connectivity index (χ1v) is 6.15. The molecule has 0 aromatic heterocycles. The molecule has 1 unspecified atom stereocenters. The van der Waals surface area contributed by atoms with Gasteiger partial charge in [-0.2, -0.15) is 0 Å². The quantitative estimate of drug-likeness (QED) is 0.173. The Kier molecular flexibility index (Phi) is 9.38. The third-order valence-corrected chi connectivity index (χ3v) is 2.63. The number of aliphatic hydroxyl groups is 2. The highest BCUT2D eigenvalue weighted by Gasteiger charge is 2.25. The van der Waals surface area contributed by atoms with Gasteiger partial charge in [0.15, 0.2) is 0 Å². The number of rotatable bonds is 10. The summed E-state index contributed by atoms with van der Waals surface area (Å²) in [6.45, 7) is -1.12. The second kappa shape index (κ2) is 10.2. The van der Waals surface area contributed by atoms with Crippen molar-refractivity contribution in [3.8, 4) is 0 Å². The number of carboxylic acid groups (broad SMARTS) is 2. The van der Waals surface area contributed by atoms with Gasteiger partial charge < -0.3 is 26.2 Å². The van der Waals surface area contributed by atoms with E-state index in [1.807, 2.05) is 0 Å². The molecule has 0 saturated heterocycles. The highest BCUT2D eigenvalue weighted by atomic mass is 16.4. The molecule has 1 atom stereocenters. The van der Waals surface area contributed by atoms with E-state index >= 15 is 0 Å². The molecule has 20 heavy (non-hydrogen) atoms. The minimum Gasteiger partial charge on any atom is -0.465 e. The van der Waals surface area contributed by atoms with E-state index < -0.39 is 31.8 Å². The van der Waals surface area contributed by atoms with Crippen molar-refractivity contribution in [2.45, 2.75) is 31.8 Å². The number of hydrazine groups is 1. The maximum atomic E-state index is 11.0. The van der Waals surface area contributed by atoms with Crippen LogP contribution in [0, 0.1) is 0 Å². The number of carbonyl (C=O) groups is 2. The number of nitrogens with two attached hydrogens (primary N) is 1. The fourth-order valence-electron chi connectivity index (χ4n) is 1.58. The number of nitrogens with one attached hydrogen (secondary N) is 1. The van der Waals surface area contributed by atoms with Gasteiger partial charge in [0, 0.05) is 0 Å². The molecule has 0 aromatic carbocycles. The number of unbranched alkanes of at least 4 members (excludes halogenated alkanes) is 2. The number of hydrogen-bond donors (Lipinski definition) is 6. The van der Waals surface area contributed by atoms with E-state index in [9.17, 15) is 9.59 Å². The zero-order valence-corrected chi connectivity index (χ0v) is 11.1. The monoisotopic (exact) mass is 294 g/mol. The first-order valence-electron chi connectivity index (χ1n) is 6.15. The first kappa shape index (κ1) is 18.4. The Morgan fingerprint density at radius 2 is 1.70 bits per heavy atom. The van der Waals surface area contributed by atoms with E-state index in [0.717, 1.165) is 12.8 Å². The van der Waals surface area contributed by atoms with E-state index in [1.54, 1.807) is 0 Å². The zero-order chi connectivity index (χ0) is 15.5. The molecular weight excluding hydrogens is 272 g/mol. The fourth-order valence-corrected chi connectivity index (χ4v) is 1.58. The van der Waals surface area contributed by atoms with Crippen LogP contribution in [0.3, 0.4) is 0 Å². The predicted molar refractivity (Wildman–Crippen MR) is 68.3 cm³/mol. The lowest BCUT2D eigenvalue weighted by Crippen LogP contribution is -2.56. The molecular formula is C10H22N4O6. The average molecular weight is 294 g/mol. The second-order valence-electron chi connectivity index (χ2n) is 4.03. The SMILES string of the molecule is NCCCCCC(NN(CO)C(=O)O)N(CO)C(=O)O. The molecule has 0 aliphatic carbocycles. The smallest absolute Gasteiger partial charge is 0.423 e. The Labute approximate surface area is 116 Å². The molecule has 2 amide bonds. The normalized spacial score (nSPS) is 11.9. The van der Waals surface area contributed by atoms with E-state index in [1.165, 1.54) is 0 Å². The van der Waals surface area contributed by atoms with Crippen molar-refractivity contribution in [3.05, 3.63) is 0 Å². The van der Waals surface area contributed by atoms with Crippen LogP contribution in [-0.2, 0) is 0 Å². The van der Waals surface area contributed by atoms with Crippen LogP contribution in [0.4, 0.5) is 9.59 Å². The second-order valence-corrected chi connectivity index (χ2v) is 4.03. The summed E-state index contributed by atoms with van der Waals surface area (Å²) < 4.78 is 0. The number of nitrogens with zero attached hydrogens (tertiary/aromatic N) is 2. The van der Waals surface area contributed by atoms with Crippen LogP contribution in [0.5, 0.6) is 0 Å². The highest BCUT2D eigenvalue weighted by Crippen LogP contribution is 2.09. The number of amides is 2. The zero-order valence-electron chi connectivity index (χ0n) is 11.1. The molecule has 10 nitrogen and oxygen atoms in total. The summed E-state index contributed by atoms with van der Waals surface area (Å²) in [7, 11) is 0. The van der Waals surface area contributed by atoms with Crippen LogP contribution in [0.25, 0.3) is 0 Å². The molecule has 118 valence electrons. The van der Waals surface area contributed by atoms with Crippen LogP contribution < -0.4 is 11.2 Å². The van der Waals surface area contributed by atoms with E-state index in [-0.39, 0.29) is 6.42 Å². The summed E-state index contributed by atoms with van der Waals surface area (Å²) in [5.41, 5.74) is 7.69. The van der Waals surface area contributed by atoms with Crippen molar-refractivity contribution >= 4 is 12.2 Å². The van der Waals surface area contributed by atoms with Gasteiger partial charge in [-0.15, -0.1) is 0 Å². The molecule has 0 saturated carbocycles. The largest absolute Gasteiger partial charge is 0.465 e. The van der Waals surface area contributed by atoms with Gasteiger partial charge in [-0.25, -0.2) is 20.0 Å².